The third-order valence-electron chi connectivity index (χ3n) is 7.69. The van der Waals surface area contributed by atoms with Gasteiger partial charge in [-0.15, -0.1) is 0 Å². The summed E-state index contributed by atoms with van der Waals surface area (Å²) >= 11 is 0. The van der Waals surface area contributed by atoms with Crippen molar-refractivity contribution in [3.63, 3.8) is 0 Å². The van der Waals surface area contributed by atoms with Gasteiger partial charge in [-0.25, -0.2) is 14.8 Å². The lowest BCUT2D eigenvalue weighted by Crippen LogP contribution is -2.36. The summed E-state index contributed by atoms with van der Waals surface area (Å²) in [4.78, 5) is 38.5. The predicted octanol–water partition coefficient (Wildman–Crippen LogP) is 4.08. The predicted molar refractivity (Wildman–Crippen MR) is 140 cm³/mol. The van der Waals surface area contributed by atoms with Gasteiger partial charge in [0.15, 0.2) is 0 Å². The standard InChI is InChI=1S/C28H32N6O3/c1-18-16-31-26(32-21-7-9-24(30-17-21)20-10-14-34(15-11-20)27(36)37)33-23(18)8-6-19-4-2-3-5-22(19)28(12-13-28)25(29)35/h2-5,7,9,16-17,20H,6,8,10-15H2,1H3,(H2,29,35)(H,36,37)(H,31,32,33). The molecule has 1 aliphatic carbocycles. The van der Waals surface area contributed by atoms with Crippen LogP contribution < -0.4 is 11.1 Å². The van der Waals surface area contributed by atoms with E-state index in [9.17, 15) is 9.59 Å². The van der Waals surface area contributed by atoms with Gasteiger partial charge in [0.05, 0.1) is 17.3 Å². The zero-order chi connectivity index (χ0) is 26.0. The molecular formula is C28H32N6O3. The Bertz CT molecular complexity index is 1300. The van der Waals surface area contributed by atoms with E-state index in [1.165, 1.54) is 4.90 Å². The largest absolute Gasteiger partial charge is 0.465 e. The number of anilines is 2. The molecule has 0 spiro atoms. The summed E-state index contributed by atoms with van der Waals surface area (Å²) in [5.74, 6) is 0.531. The average Bonchev–Trinajstić information content (AvgIpc) is 3.72. The molecule has 0 atom stereocenters. The Hall–Kier alpha value is -4.01. The van der Waals surface area contributed by atoms with Gasteiger partial charge in [-0.1, -0.05) is 24.3 Å². The van der Waals surface area contributed by atoms with Crippen LogP contribution in [0, 0.1) is 6.92 Å². The molecule has 2 amide bonds. The molecule has 1 saturated heterocycles. The molecule has 2 aliphatic rings. The van der Waals surface area contributed by atoms with Crippen LogP contribution in [0.25, 0.3) is 0 Å². The third-order valence-corrected chi connectivity index (χ3v) is 7.69. The Morgan fingerprint density at radius 1 is 1.08 bits per heavy atom. The van der Waals surface area contributed by atoms with E-state index in [2.05, 4.69) is 21.4 Å². The first-order valence-electron chi connectivity index (χ1n) is 12.8. The summed E-state index contributed by atoms with van der Waals surface area (Å²) in [6.07, 6.45) is 7.41. The van der Waals surface area contributed by atoms with Gasteiger partial charge in [0.1, 0.15) is 0 Å². The maximum Gasteiger partial charge on any atom is 0.407 e. The highest BCUT2D eigenvalue weighted by atomic mass is 16.4. The number of carboxylic acid groups (broad SMARTS) is 1. The first-order valence-corrected chi connectivity index (χ1v) is 12.8. The van der Waals surface area contributed by atoms with E-state index in [1.54, 1.807) is 6.20 Å². The molecule has 9 heteroatoms. The van der Waals surface area contributed by atoms with Crippen molar-refractivity contribution >= 4 is 23.6 Å². The number of carbonyl (C=O) groups excluding carboxylic acids is 1. The van der Waals surface area contributed by atoms with Crippen molar-refractivity contribution in [1.29, 1.82) is 0 Å². The van der Waals surface area contributed by atoms with E-state index in [4.69, 9.17) is 15.8 Å². The van der Waals surface area contributed by atoms with E-state index in [0.717, 1.165) is 72.3 Å². The smallest absolute Gasteiger partial charge is 0.407 e. The molecule has 2 fully saturated rings. The summed E-state index contributed by atoms with van der Waals surface area (Å²) in [6.45, 7) is 3.08. The molecule has 1 saturated carbocycles. The number of carbonyl (C=O) groups is 2. The van der Waals surface area contributed by atoms with Crippen LogP contribution >= 0.6 is 0 Å². The highest BCUT2D eigenvalue weighted by molar-refractivity contribution is 5.90. The molecule has 1 aliphatic heterocycles. The molecule has 37 heavy (non-hydrogen) atoms. The van der Waals surface area contributed by atoms with Gasteiger partial charge in [0, 0.05) is 36.6 Å². The second-order valence-corrected chi connectivity index (χ2v) is 10.1. The highest BCUT2D eigenvalue weighted by Crippen LogP contribution is 2.49. The minimum absolute atomic E-state index is 0.241. The molecule has 3 aromatic rings. The van der Waals surface area contributed by atoms with Gasteiger partial charge in [-0.05, 0) is 74.3 Å². The van der Waals surface area contributed by atoms with Gasteiger partial charge in [0.25, 0.3) is 0 Å². The minimum atomic E-state index is -0.856. The lowest BCUT2D eigenvalue weighted by Gasteiger charge is -2.29. The molecule has 4 N–H and O–H groups in total. The quantitative estimate of drug-likeness (QED) is 0.424. The van der Waals surface area contributed by atoms with Crippen LogP contribution in [0.1, 0.15) is 59.7 Å². The Balaban J connectivity index is 1.24. The van der Waals surface area contributed by atoms with Crippen LogP contribution in [0.5, 0.6) is 0 Å². The van der Waals surface area contributed by atoms with Crippen LogP contribution in [0.2, 0.25) is 0 Å². The van der Waals surface area contributed by atoms with Crippen molar-refractivity contribution in [3.05, 3.63) is 76.9 Å². The molecule has 2 aromatic heterocycles. The second kappa shape index (κ2) is 10.2. The Labute approximate surface area is 216 Å². The normalized spacial score (nSPS) is 16.8. The first-order chi connectivity index (χ1) is 17.9. The van der Waals surface area contributed by atoms with Crippen LogP contribution in [-0.2, 0) is 23.1 Å². The summed E-state index contributed by atoms with van der Waals surface area (Å²) in [5, 5.41) is 12.4. The summed E-state index contributed by atoms with van der Waals surface area (Å²) in [7, 11) is 0. The Morgan fingerprint density at radius 3 is 2.49 bits per heavy atom. The number of hydrogen-bond donors (Lipinski definition) is 3. The fraction of sp³-hybridized carbons (Fsp3) is 0.393. The lowest BCUT2D eigenvalue weighted by atomic mass is 9.88. The first kappa shape index (κ1) is 24.7. The maximum absolute atomic E-state index is 12.1. The van der Waals surface area contributed by atoms with Crippen LogP contribution in [0.4, 0.5) is 16.4 Å². The molecule has 9 nitrogen and oxygen atoms in total. The summed E-state index contributed by atoms with van der Waals surface area (Å²) in [5.41, 5.74) is 11.1. The van der Waals surface area contributed by atoms with Gasteiger partial charge in [-0.2, -0.15) is 0 Å². The summed E-state index contributed by atoms with van der Waals surface area (Å²) < 4.78 is 0. The van der Waals surface area contributed by atoms with Crippen LogP contribution in [-0.4, -0.2) is 50.0 Å². The lowest BCUT2D eigenvalue weighted by molar-refractivity contribution is -0.120. The SMILES string of the molecule is Cc1cnc(Nc2ccc(C3CCN(C(=O)O)CC3)nc2)nc1CCc1ccccc1C1(C(N)=O)CC1. The van der Waals surface area contributed by atoms with Crippen molar-refractivity contribution in [2.45, 2.75) is 56.8 Å². The number of nitrogens with two attached hydrogens (primary N) is 1. The van der Waals surface area contributed by atoms with E-state index in [0.29, 0.717) is 19.0 Å². The molecule has 3 heterocycles. The topological polar surface area (TPSA) is 134 Å². The molecule has 192 valence electrons. The van der Waals surface area contributed by atoms with Crippen molar-refractivity contribution in [2.75, 3.05) is 18.4 Å². The highest BCUT2D eigenvalue weighted by Gasteiger charge is 2.50. The van der Waals surface area contributed by atoms with Crippen molar-refractivity contribution in [2.24, 2.45) is 5.73 Å². The Morgan fingerprint density at radius 2 is 1.84 bits per heavy atom. The molecule has 1 aromatic carbocycles. The number of nitrogens with one attached hydrogen (secondary N) is 1. The maximum atomic E-state index is 12.1. The van der Waals surface area contributed by atoms with E-state index in [1.807, 2.05) is 43.5 Å². The number of pyridine rings is 1. The van der Waals surface area contributed by atoms with Gasteiger partial charge < -0.3 is 21.1 Å². The van der Waals surface area contributed by atoms with Crippen molar-refractivity contribution < 1.29 is 14.7 Å². The zero-order valence-electron chi connectivity index (χ0n) is 21.0. The summed E-state index contributed by atoms with van der Waals surface area (Å²) in [6, 6.07) is 12.0. The van der Waals surface area contributed by atoms with Crippen molar-refractivity contribution in [1.82, 2.24) is 19.9 Å². The van der Waals surface area contributed by atoms with Crippen molar-refractivity contribution in [3.8, 4) is 0 Å². The van der Waals surface area contributed by atoms with Crippen LogP contribution in [0.15, 0.2) is 48.8 Å². The van der Waals surface area contributed by atoms with Crippen LogP contribution in [0.3, 0.4) is 0 Å². The van der Waals surface area contributed by atoms with E-state index >= 15 is 0 Å². The monoisotopic (exact) mass is 500 g/mol. The zero-order valence-corrected chi connectivity index (χ0v) is 21.0. The number of piperidine rings is 1. The average molecular weight is 501 g/mol. The number of primary amides is 1. The van der Waals surface area contributed by atoms with E-state index in [-0.39, 0.29) is 11.8 Å². The number of likely N-dealkylation sites (tertiary alicyclic amines) is 1. The van der Waals surface area contributed by atoms with E-state index < -0.39 is 11.5 Å². The number of hydrogen-bond acceptors (Lipinski definition) is 6. The third kappa shape index (κ3) is 5.26. The fourth-order valence-electron chi connectivity index (χ4n) is 5.24. The Kier molecular flexibility index (Phi) is 6.78. The molecule has 0 unspecified atom stereocenters. The minimum Gasteiger partial charge on any atom is -0.465 e. The second-order valence-electron chi connectivity index (χ2n) is 10.1. The molecular weight excluding hydrogens is 468 g/mol. The molecule has 0 bridgehead atoms. The molecule has 5 rings (SSSR count). The number of benzene rings is 1. The number of aromatic nitrogens is 3. The van der Waals surface area contributed by atoms with Gasteiger partial charge >= 0.3 is 6.09 Å². The van der Waals surface area contributed by atoms with Gasteiger partial charge in [0.2, 0.25) is 11.9 Å². The number of amides is 2. The fourth-order valence-corrected chi connectivity index (χ4v) is 5.24. The number of nitrogens with zero attached hydrogens (tertiary/aromatic N) is 4. The molecule has 0 radical (unpaired) electrons. The van der Waals surface area contributed by atoms with Gasteiger partial charge in [-0.3, -0.25) is 9.78 Å². The number of rotatable bonds is 8. The number of aryl methyl sites for hydroxylation is 3.